The number of alkyl halides is 2. The van der Waals surface area contributed by atoms with Crippen LogP contribution < -0.4 is 9.64 Å². The molecule has 0 saturated heterocycles. The van der Waals surface area contributed by atoms with Crippen LogP contribution in [0, 0.1) is 0 Å². The van der Waals surface area contributed by atoms with Gasteiger partial charge < -0.3 is 14.2 Å². The Morgan fingerprint density at radius 1 is 1.08 bits per heavy atom. The van der Waals surface area contributed by atoms with Gasteiger partial charge in [0.2, 0.25) is 0 Å². The molecule has 26 heavy (non-hydrogen) atoms. The van der Waals surface area contributed by atoms with E-state index in [0.717, 1.165) is 6.07 Å². The Hall–Kier alpha value is -1.97. The van der Waals surface area contributed by atoms with Gasteiger partial charge >= 0.3 is 18.8 Å². The van der Waals surface area contributed by atoms with E-state index < -0.39 is 41.6 Å². The summed E-state index contributed by atoms with van der Waals surface area (Å²) in [5, 5.41) is 0. The molecular weight excluding hydrogens is 418 g/mol. The van der Waals surface area contributed by atoms with Gasteiger partial charge in [-0.3, -0.25) is 0 Å². The van der Waals surface area contributed by atoms with Crippen LogP contribution in [0.4, 0.5) is 24.2 Å². The molecule has 0 spiro atoms. The zero-order chi connectivity index (χ0) is 20.3. The number of hydrogen-bond acceptors (Lipinski definition) is 6. The fourth-order valence-corrected chi connectivity index (χ4v) is 1.94. The third-order valence-electron chi connectivity index (χ3n) is 2.38. The second kappa shape index (κ2) is 8.15. The summed E-state index contributed by atoms with van der Waals surface area (Å²) in [4.78, 5) is 29.3. The van der Waals surface area contributed by atoms with Crippen LogP contribution in [0.25, 0.3) is 0 Å². The number of imide groups is 1. The van der Waals surface area contributed by atoms with Crippen molar-refractivity contribution >= 4 is 33.9 Å². The summed E-state index contributed by atoms with van der Waals surface area (Å²) in [7, 11) is 0. The third-order valence-corrected chi connectivity index (χ3v) is 2.81. The van der Waals surface area contributed by atoms with Crippen LogP contribution in [0.2, 0.25) is 0 Å². The second-order valence-electron chi connectivity index (χ2n) is 7.15. The number of nitrogens with zero attached hydrogens (tertiary/aromatic N) is 2. The number of pyridine rings is 1. The van der Waals surface area contributed by atoms with Crippen molar-refractivity contribution < 1.29 is 32.6 Å². The summed E-state index contributed by atoms with van der Waals surface area (Å²) in [6, 6.07) is 1.15. The number of rotatable bonds is 3. The summed E-state index contributed by atoms with van der Waals surface area (Å²) in [6.07, 6.45) is -1.06. The van der Waals surface area contributed by atoms with Crippen molar-refractivity contribution in [2.45, 2.75) is 59.4 Å². The molecule has 0 atom stereocenters. The van der Waals surface area contributed by atoms with E-state index in [0.29, 0.717) is 9.37 Å². The Bertz CT molecular complexity index is 644. The summed E-state index contributed by atoms with van der Waals surface area (Å²) < 4.78 is 40.5. The highest BCUT2D eigenvalue weighted by Crippen LogP contribution is 2.32. The highest BCUT2D eigenvalue weighted by Gasteiger charge is 2.36. The zero-order valence-corrected chi connectivity index (χ0v) is 16.9. The lowest BCUT2D eigenvalue weighted by Gasteiger charge is -2.28. The van der Waals surface area contributed by atoms with E-state index in [1.54, 1.807) is 41.5 Å². The molecule has 0 saturated carbocycles. The van der Waals surface area contributed by atoms with Crippen LogP contribution in [0.5, 0.6) is 5.75 Å². The molecule has 10 heteroatoms. The molecule has 0 radical (unpaired) electrons. The Labute approximate surface area is 158 Å². The van der Waals surface area contributed by atoms with Gasteiger partial charge in [-0.25, -0.2) is 14.6 Å². The second-order valence-corrected chi connectivity index (χ2v) is 8.07. The molecule has 0 aliphatic rings. The van der Waals surface area contributed by atoms with Gasteiger partial charge in [0.25, 0.3) is 0 Å². The number of carbonyl (C=O) groups is 2. The van der Waals surface area contributed by atoms with E-state index in [-0.39, 0.29) is 0 Å². The number of halogens is 3. The number of hydrogen-bond donors (Lipinski definition) is 0. The van der Waals surface area contributed by atoms with E-state index in [1.165, 1.54) is 6.20 Å². The first-order chi connectivity index (χ1) is 11.7. The van der Waals surface area contributed by atoms with E-state index in [4.69, 9.17) is 9.47 Å². The summed E-state index contributed by atoms with van der Waals surface area (Å²) >= 11 is 3.07. The lowest BCUT2D eigenvalue weighted by atomic mass is 10.2. The predicted octanol–water partition coefficient (Wildman–Crippen LogP) is 5.12. The molecule has 2 amide bonds. The Morgan fingerprint density at radius 2 is 1.54 bits per heavy atom. The van der Waals surface area contributed by atoms with E-state index in [2.05, 4.69) is 25.7 Å². The first-order valence-corrected chi connectivity index (χ1v) is 8.35. The minimum absolute atomic E-state index is 0.310. The zero-order valence-electron chi connectivity index (χ0n) is 15.3. The molecule has 1 heterocycles. The summed E-state index contributed by atoms with van der Waals surface area (Å²) in [6.45, 7) is 6.33. The molecule has 0 aliphatic carbocycles. The average Bonchev–Trinajstić information content (AvgIpc) is 2.36. The van der Waals surface area contributed by atoms with Gasteiger partial charge in [0.15, 0.2) is 11.6 Å². The van der Waals surface area contributed by atoms with Gasteiger partial charge in [-0.2, -0.15) is 13.7 Å². The van der Waals surface area contributed by atoms with Gasteiger partial charge in [-0.05, 0) is 57.5 Å². The normalized spacial score (nSPS) is 11.9. The summed E-state index contributed by atoms with van der Waals surface area (Å²) in [5.74, 6) is -0.969. The van der Waals surface area contributed by atoms with Crippen LogP contribution in [-0.4, -0.2) is 35.0 Å². The fourth-order valence-electron chi connectivity index (χ4n) is 1.63. The van der Waals surface area contributed by atoms with E-state index in [9.17, 15) is 18.4 Å². The Morgan fingerprint density at radius 3 is 1.92 bits per heavy atom. The predicted molar refractivity (Wildman–Crippen MR) is 93.5 cm³/mol. The maximum atomic E-state index is 12.7. The Kier molecular flexibility index (Phi) is 6.92. The highest BCUT2D eigenvalue weighted by atomic mass is 79.9. The van der Waals surface area contributed by atoms with Gasteiger partial charge in [-0.1, -0.05) is 0 Å². The lowest BCUT2D eigenvalue weighted by molar-refractivity contribution is -0.0499. The van der Waals surface area contributed by atoms with Crippen molar-refractivity contribution in [1.82, 2.24) is 4.98 Å². The van der Waals surface area contributed by atoms with Gasteiger partial charge in [0.1, 0.15) is 11.2 Å². The third kappa shape index (κ3) is 7.11. The smallest absolute Gasteiger partial charge is 0.425 e. The molecule has 146 valence electrons. The molecule has 7 nitrogen and oxygen atoms in total. The maximum Gasteiger partial charge on any atom is 0.425 e. The monoisotopic (exact) mass is 438 g/mol. The molecule has 1 aromatic heterocycles. The van der Waals surface area contributed by atoms with Crippen LogP contribution >= 0.6 is 15.9 Å². The van der Waals surface area contributed by atoms with Crippen molar-refractivity contribution in [3.05, 3.63) is 16.7 Å². The quantitative estimate of drug-likeness (QED) is 0.651. The van der Waals surface area contributed by atoms with Crippen LogP contribution in [-0.2, 0) is 9.47 Å². The standard InChI is InChI=1S/C16H21BrF2N2O5/c1-15(2,3)25-13(22)21(14(23)26-16(4,5)6)11-10(24-12(18)19)7-9(17)8-20-11/h7-8,12H,1-6H3. The minimum Gasteiger partial charge on any atom is -0.443 e. The van der Waals surface area contributed by atoms with Crippen molar-refractivity contribution in [3.8, 4) is 5.75 Å². The number of aromatic nitrogens is 1. The number of carbonyl (C=O) groups excluding carboxylic acids is 2. The van der Waals surface area contributed by atoms with Crippen LogP contribution in [0.3, 0.4) is 0 Å². The van der Waals surface area contributed by atoms with Gasteiger partial charge in [0.05, 0.1) is 0 Å². The van der Waals surface area contributed by atoms with Crippen molar-refractivity contribution in [2.75, 3.05) is 4.90 Å². The molecule has 0 N–H and O–H groups in total. The molecule has 0 aromatic carbocycles. The SMILES string of the molecule is CC(C)(C)OC(=O)N(C(=O)OC(C)(C)C)c1ncc(Br)cc1OC(F)F. The first kappa shape index (κ1) is 22.1. The van der Waals surface area contributed by atoms with Gasteiger partial charge in [-0.15, -0.1) is 0 Å². The van der Waals surface area contributed by atoms with Crippen molar-refractivity contribution in [1.29, 1.82) is 0 Å². The highest BCUT2D eigenvalue weighted by molar-refractivity contribution is 9.10. The lowest BCUT2D eigenvalue weighted by Crippen LogP contribution is -2.44. The Balaban J connectivity index is 3.40. The topological polar surface area (TPSA) is 78.0 Å². The molecular formula is C16H21BrF2N2O5. The largest absolute Gasteiger partial charge is 0.443 e. The molecule has 1 aromatic rings. The van der Waals surface area contributed by atoms with Crippen molar-refractivity contribution in [2.24, 2.45) is 0 Å². The molecule has 0 bridgehead atoms. The number of anilines is 1. The fraction of sp³-hybridized carbons (Fsp3) is 0.562. The van der Waals surface area contributed by atoms with Gasteiger partial charge in [0, 0.05) is 16.7 Å². The first-order valence-electron chi connectivity index (χ1n) is 7.56. The van der Waals surface area contributed by atoms with Crippen LogP contribution in [0.15, 0.2) is 16.7 Å². The minimum atomic E-state index is -3.19. The molecule has 0 unspecified atom stereocenters. The average molecular weight is 439 g/mol. The molecule has 0 aliphatic heterocycles. The molecule has 1 rings (SSSR count). The summed E-state index contributed by atoms with van der Waals surface area (Å²) in [5.41, 5.74) is -1.90. The van der Waals surface area contributed by atoms with Crippen molar-refractivity contribution in [3.63, 3.8) is 0 Å². The van der Waals surface area contributed by atoms with E-state index in [1.807, 2.05) is 0 Å². The maximum absolute atomic E-state index is 12.7. The van der Waals surface area contributed by atoms with E-state index >= 15 is 0 Å². The number of amides is 2. The molecule has 0 fully saturated rings. The number of ether oxygens (including phenoxy) is 3. The van der Waals surface area contributed by atoms with Crippen LogP contribution in [0.1, 0.15) is 41.5 Å².